The predicted octanol–water partition coefficient (Wildman–Crippen LogP) is 2.07. The number of hydrogen-bond acceptors (Lipinski definition) is 3. The van der Waals surface area contributed by atoms with E-state index in [0.717, 1.165) is 24.8 Å². The summed E-state index contributed by atoms with van der Waals surface area (Å²) in [5.41, 5.74) is 1.16. The van der Waals surface area contributed by atoms with Crippen LogP contribution in [0, 0.1) is 0 Å². The van der Waals surface area contributed by atoms with Gasteiger partial charge in [0.1, 0.15) is 6.17 Å². The molecular weight excluding hydrogens is 252 g/mol. The van der Waals surface area contributed by atoms with Gasteiger partial charge in [0.2, 0.25) is 5.91 Å². The lowest BCUT2D eigenvalue weighted by atomic mass is 9.87. The molecule has 3 rings (SSSR count). The number of amides is 1. The van der Waals surface area contributed by atoms with E-state index in [1.807, 2.05) is 23.1 Å². The molecule has 2 unspecified atom stereocenters. The highest BCUT2D eigenvalue weighted by Crippen LogP contribution is 2.37. The molecule has 1 N–H and O–H groups in total. The van der Waals surface area contributed by atoms with E-state index in [0.29, 0.717) is 12.1 Å². The van der Waals surface area contributed by atoms with Gasteiger partial charge in [0.15, 0.2) is 0 Å². The second-order valence-corrected chi connectivity index (χ2v) is 5.67. The molecule has 1 saturated carbocycles. The molecule has 0 bridgehead atoms. The summed E-state index contributed by atoms with van der Waals surface area (Å²) >= 11 is 0. The molecule has 1 amide bonds. The number of carbonyl (C=O) groups excluding carboxylic acids is 1. The van der Waals surface area contributed by atoms with Crippen LogP contribution in [0.5, 0.6) is 0 Å². The molecule has 2 aliphatic rings. The van der Waals surface area contributed by atoms with Crippen LogP contribution in [0.3, 0.4) is 0 Å². The Kier molecular flexibility index (Phi) is 3.76. The molecule has 1 saturated heterocycles. The fraction of sp³-hybridized carbons (Fsp3) is 0.562. The predicted molar refractivity (Wildman–Crippen MR) is 77.1 cm³/mol. The van der Waals surface area contributed by atoms with Gasteiger partial charge in [-0.1, -0.05) is 37.3 Å². The molecule has 1 aromatic rings. The van der Waals surface area contributed by atoms with Crippen molar-refractivity contribution in [3.05, 3.63) is 35.9 Å². The first kappa shape index (κ1) is 13.6. The summed E-state index contributed by atoms with van der Waals surface area (Å²) in [6, 6.07) is 10.5. The van der Waals surface area contributed by atoms with Crippen molar-refractivity contribution in [1.29, 1.82) is 0 Å². The summed E-state index contributed by atoms with van der Waals surface area (Å²) in [6.45, 7) is 2.06. The van der Waals surface area contributed by atoms with Crippen LogP contribution in [0.25, 0.3) is 0 Å². The summed E-state index contributed by atoms with van der Waals surface area (Å²) in [7, 11) is 1.74. The lowest BCUT2D eigenvalue weighted by Crippen LogP contribution is -2.50. The van der Waals surface area contributed by atoms with Crippen LogP contribution in [0.4, 0.5) is 0 Å². The molecule has 0 radical (unpaired) electrons. The van der Waals surface area contributed by atoms with Crippen molar-refractivity contribution in [3.63, 3.8) is 0 Å². The maximum atomic E-state index is 12.6. The number of hydrogen-bond donors (Lipinski definition) is 1. The first-order valence-corrected chi connectivity index (χ1v) is 7.40. The van der Waals surface area contributed by atoms with Crippen LogP contribution in [0.2, 0.25) is 0 Å². The second-order valence-electron chi connectivity index (χ2n) is 5.67. The highest BCUT2D eigenvalue weighted by atomic mass is 16.5. The van der Waals surface area contributed by atoms with E-state index >= 15 is 0 Å². The van der Waals surface area contributed by atoms with E-state index in [4.69, 9.17) is 4.74 Å². The van der Waals surface area contributed by atoms with E-state index in [-0.39, 0.29) is 18.1 Å². The third kappa shape index (κ3) is 2.23. The smallest absolute Gasteiger partial charge is 0.241 e. The molecule has 1 heterocycles. The van der Waals surface area contributed by atoms with Crippen LogP contribution in [-0.4, -0.2) is 36.1 Å². The van der Waals surface area contributed by atoms with Gasteiger partial charge in [-0.3, -0.25) is 10.1 Å². The van der Waals surface area contributed by atoms with Gasteiger partial charge in [0.05, 0.1) is 12.1 Å². The van der Waals surface area contributed by atoms with Gasteiger partial charge < -0.3 is 9.64 Å². The summed E-state index contributed by atoms with van der Waals surface area (Å²) < 4.78 is 5.35. The Labute approximate surface area is 120 Å². The summed E-state index contributed by atoms with van der Waals surface area (Å²) in [5.74, 6) is 0.237. The van der Waals surface area contributed by atoms with Crippen LogP contribution in [0.1, 0.15) is 37.9 Å². The molecule has 20 heavy (non-hydrogen) atoms. The van der Waals surface area contributed by atoms with Crippen LogP contribution in [0.15, 0.2) is 30.3 Å². The fourth-order valence-corrected chi connectivity index (χ4v) is 3.18. The lowest BCUT2D eigenvalue weighted by Gasteiger charge is -2.42. The molecule has 1 aliphatic carbocycles. The van der Waals surface area contributed by atoms with Crippen LogP contribution >= 0.6 is 0 Å². The standard InChI is InChI=1S/C16H22N2O2/c1-3-14-16(19)18(12-9-13(10-12)20-2)15(17-14)11-7-5-4-6-8-11/h4-8,12-15,17H,3,9-10H2,1-2H3. The number of rotatable bonds is 4. The summed E-state index contributed by atoms with van der Waals surface area (Å²) in [4.78, 5) is 14.6. The zero-order chi connectivity index (χ0) is 14.1. The maximum absolute atomic E-state index is 12.6. The Hall–Kier alpha value is -1.39. The lowest BCUT2D eigenvalue weighted by molar-refractivity contribution is -0.137. The molecule has 2 atom stereocenters. The fourth-order valence-electron chi connectivity index (χ4n) is 3.18. The number of carbonyl (C=O) groups is 1. The van der Waals surface area contributed by atoms with Crippen molar-refractivity contribution in [2.75, 3.05) is 7.11 Å². The topological polar surface area (TPSA) is 41.6 Å². The van der Waals surface area contributed by atoms with E-state index < -0.39 is 0 Å². The first-order chi connectivity index (χ1) is 9.74. The third-order valence-electron chi connectivity index (χ3n) is 4.51. The molecule has 0 spiro atoms. The van der Waals surface area contributed by atoms with Crippen molar-refractivity contribution in [2.24, 2.45) is 0 Å². The number of nitrogens with one attached hydrogen (secondary N) is 1. The molecule has 2 fully saturated rings. The Morgan fingerprint density at radius 3 is 2.60 bits per heavy atom. The monoisotopic (exact) mass is 274 g/mol. The van der Waals surface area contributed by atoms with Crippen molar-refractivity contribution in [1.82, 2.24) is 10.2 Å². The Morgan fingerprint density at radius 2 is 2.00 bits per heavy atom. The molecular formula is C16H22N2O2. The molecule has 1 aliphatic heterocycles. The van der Waals surface area contributed by atoms with Crippen molar-refractivity contribution in [3.8, 4) is 0 Å². The summed E-state index contributed by atoms with van der Waals surface area (Å²) in [6.07, 6.45) is 3.05. The largest absolute Gasteiger partial charge is 0.381 e. The zero-order valence-corrected chi connectivity index (χ0v) is 12.1. The van der Waals surface area contributed by atoms with Gasteiger partial charge in [-0.2, -0.15) is 0 Å². The second kappa shape index (κ2) is 5.54. The van der Waals surface area contributed by atoms with E-state index in [1.165, 1.54) is 0 Å². The number of ether oxygens (including phenoxy) is 1. The van der Waals surface area contributed by atoms with Crippen molar-refractivity contribution in [2.45, 2.75) is 50.5 Å². The zero-order valence-electron chi connectivity index (χ0n) is 12.1. The summed E-state index contributed by atoms with van der Waals surface area (Å²) in [5, 5.41) is 3.47. The minimum Gasteiger partial charge on any atom is -0.381 e. The molecule has 4 nitrogen and oxygen atoms in total. The highest BCUT2D eigenvalue weighted by molar-refractivity contribution is 5.85. The molecule has 1 aromatic carbocycles. The van der Waals surface area contributed by atoms with Gasteiger partial charge in [0, 0.05) is 13.2 Å². The Bertz CT molecular complexity index is 471. The average Bonchev–Trinajstić information content (AvgIpc) is 2.76. The normalized spacial score (nSPS) is 33.3. The third-order valence-corrected chi connectivity index (χ3v) is 4.51. The SMILES string of the molecule is CCC1NC(c2ccccc2)N(C2CC(OC)C2)C1=O. The van der Waals surface area contributed by atoms with Crippen molar-refractivity contribution < 1.29 is 9.53 Å². The minimum absolute atomic E-state index is 0.0106. The quantitative estimate of drug-likeness (QED) is 0.914. The van der Waals surface area contributed by atoms with E-state index in [9.17, 15) is 4.79 Å². The van der Waals surface area contributed by atoms with Crippen molar-refractivity contribution >= 4 is 5.91 Å². The maximum Gasteiger partial charge on any atom is 0.241 e. The minimum atomic E-state index is -0.0539. The average molecular weight is 274 g/mol. The van der Waals surface area contributed by atoms with Gasteiger partial charge >= 0.3 is 0 Å². The Morgan fingerprint density at radius 1 is 1.30 bits per heavy atom. The Balaban J connectivity index is 1.82. The first-order valence-electron chi connectivity index (χ1n) is 7.40. The van der Waals surface area contributed by atoms with Gasteiger partial charge in [-0.15, -0.1) is 0 Å². The molecule has 108 valence electrons. The molecule has 0 aromatic heterocycles. The van der Waals surface area contributed by atoms with E-state index in [1.54, 1.807) is 7.11 Å². The van der Waals surface area contributed by atoms with Crippen LogP contribution < -0.4 is 5.32 Å². The number of benzene rings is 1. The number of methoxy groups -OCH3 is 1. The highest BCUT2D eigenvalue weighted by Gasteiger charge is 2.46. The number of nitrogens with zero attached hydrogens (tertiary/aromatic N) is 1. The van der Waals surface area contributed by atoms with Gasteiger partial charge in [-0.05, 0) is 24.8 Å². The van der Waals surface area contributed by atoms with Gasteiger partial charge in [0.25, 0.3) is 0 Å². The van der Waals surface area contributed by atoms with Crippen LogP contribution in [-0.2, 0) is 9.53 Å². The van der Waals surface area contributed by atoms with Gasteiger partial charge in [-0.25, -0.2) is 0 Å². The molecule has 4 heteroatoms. The van der Waals surface area contributed by atoms with E-state index in [2.05, 4.69) is 24.4 Å².